The Bertz CT molecular complexity index is 310. The summed E-state index contributed by atoms with van der Waals surface area (Å²) in [7, 11) is 1.67. The van der Waals surface area contributed by atoms with Gasteiger partial charge >= 0.3 is 0 Å². The third-order valence-corrected chi connectivity index (χ3v) is 4.16. The Morgan fingerprint density at radius 3 is 2.53 bits per heavy atom. The highest BCUT2D eigenvalue weighted by molar-refractivity contribution is 8.00. The molecular formula is C12H16O2S. The summed E-state index contributed by atoms with van der Waals surface area (Å²) in [5.41, 5.74) is 0. The molecule has 3 heteroatoms. The van der Waals surface area contributed by atoms with Gasteiger partial charge in [0.05, 0.1) is 13.2 Å². The maximum absolute atomic E-state index is 9.71. The first-order valence-corrected chi connectivity index (χ1v) is 6.16. The molecule has 0 saturated heterocycles. The topological polar surface area (TPSA) is 29.5 Å². The highest BCUT2D eigenvalue weighted by Crippen LogP contribution is 2.35. The fourth-order valence-electron chi connectivity index (χ4n) is 1.87. The van der Waals surface area contributed by atoms with E-state index in [1.807, 2.05) is 12.1 Å². The van der Waals surface area contributed by atoms with Crippen LogP contribution < -0.4 is 4.74 Å². The zero-order valence-electron chi connectivity index (χ0n) is 8.85. The summed E-state index contributed by atoms with van der Waals surface area (Å²) in [5.74, 6) is 0.881. The molecule has 0 heterocycles. The third kappa shape index (κ3) is 2.67. The van der Waals surface area contributed by atoms with E-state index in [1.54, 1.807) is 18.9 Å². The number of methoxy groups -OCH3 is 1. The number of hydrogen-bond acceptors (Lipinski definition) is 3. The standard InChI is InChI=1S/C12H16O2S/c1-14-9-5-7-10(8-6-9)15-12-4-2-3-11(12)13/h5-8,11-13H,2-4H2,1H3/t11-,12-/m1/s1. The molecule has 2 nitrogen and oxygen atoms in total. The highest BCUT2D eigenvalue weighted by Gasteiger charge is 2.25. The predicted octanol–water partition coefficient (Wildman–Crippen LogP) is 2.70. The van der Waals surface area contributed by atoms with Crippen LogP contribution in [0.1, 0.15) is 19.3 Å². The van der Waals surface area contributed by atoms with E-state index in [9.17, 15) is 5.11 Å². The Balaban J connectivity index is 1.98. The van der Waals surface area contributed by atoms with Crippen molar-refractivity contribution in [2.24, 2.45) is 0 Å². The second kappa shape index (κ2) is 4.90. The second-order valence-corrected chi connectivity index (χ2v) is 5.14. The first-order chi connectivity index (χ1) is 7.29. The lowest BCUT2D eigenvalue weighted by molar-refractivity contribution is 0.188. The van der Waals surface area contributed by atoms with Crippen molar-refractivity contribution in [2.75, 3.05) is 7.11 Å². The monoisotopic (exact) mass is 224 g/mol. The number of thioether (sulfide) groups is 1. The van der Waals surface area contributed by atoms with E-state index < -0.39 is 0 Å². The largest absolute Gasteiger partial charge is 0.497 e. The van der Waals surface area contributed by atoms with E-state index in [-0.39, 0.29) is 6.10 Å². The number of aliphatic hydroxyl groups is 1. The molecule has 82 valence electrons. The van der Waals surface area contributed by atoms with Gasteiger partial charge in [-0.15, -0.1) is 11.8 Å². The fraction of sp³-hybridized carbons (Fsp3) is 0.500. The Morgan fingerprint density at radius 1 is 1.27 bits per heavy atom. The normalized spacial score (nSPS) is 25.5. The molecule has 0 aromatic heterocycles. The van der Waals surface area contributed by atoms with Crippen LogP contribution in [-0.2, 0) is 0 Å². The number of aliphatic hydroxyl groups excluding tert-OH is 1. The SMILES string of the molecule is COc1ccc(S[C@@H]2CCC[C@H]2O)cc1. The van der Waals surface area contributed by atoms with Gasteiger partial charge in [-0.3, -0.25) is 0 Å². The van der Waals surface area contributed by atoms with Gasteiger partial charge in [-0.1, -0.05) is 0 Å². The van der Waals surface area contributed by atoms with Crippen molar-refractivity contribution in [3.8, 4) is 5.75 Å². The van der Waals surface area contributed by atoms with E-state index in [1.165, 1.54) is 4.90 Å². The average Bonchev–Trinajstić information content (AvgIpc) is 2.66. The van der Waals surface area contributed by atoms with Crippen molar-refractivity contribution in [1.82, 2.24) is 0 Å². The molecule has 0 bridgehead atoms. The average molecular weight is 224 g/mol. The molecule has 0 aliphatic heterocycles. The molecule has 1 aliphatic rings. The van der Waals surface area contributed by atoms with Crippen molar-refractivity contribution in [1.29, 1.82) is 0 Å². The summed E-state index contributed by atoms with van der Waals surface area (Å²) in [4.78, 5) is 1.21. The van der Waals surface area contributed by atoms with Gasteiger partial charge in [-0.2, -0.15) is 0 Å². The van der Waals surface area contributed by atoms with Crippen LogP contribution >= 0.6 is 11.8 Å². The van der Waals surface area contributed by atoms with Gasteiger partial charge in [0, 0.05) is 10.1 Å². The van der Waals surface area contributed by atoms with Crippen molar-refractivity contribution >= 4 is 11.8 Å². The third-order valence-electron chi connectivity index (χ3n) is 2.76. The van der Waals surface area contributed by atoms with Crippen molar-refractivity contribution in [3.05, 3.63) is 24.3 Å². The molecule has 0 spiro atoms. The minimum absolute atomic E-state index is 0.128. The van der Waals surface area contributed by atoms with Crippen LogP contribution in [0.4, 0.5) is 0 Å². The van der Waals surface area contributed by atoms with Gasteiger partial charge in [-0.25, -0.2) is 0 Å². The van der Waals surface area contributed by atoms with Crippen molar-refractivity contribution in [2.45, 2.75) is 35.5 Å². The van der Waals surface area contributed by atoms with Gasteiger partial charge in [0.15, 0.2) is 0 Å². The molecule has 15 heavy (non-hydrogen) atoms. The molecule has 1 aliphatic carbocycles. The first kappa shape index (κ1) is 10.8. The molecule has 1 saturated carbocycles. The Hall–Kier alpha value is -0.670. The maximum Gasteiger partial charge on any atom is 0.118 e. The van der Waals surface area contributed by atoms with Crippen LogP contribution in [-0.4, -0.2) is 23.6 Å². The predicted molar refractivity (Wildman–Crippen MR) is 62.5 cm³/mol. The summed E-state index contributed by atoms with van der Waals surface area (Å²) in [6.07, 6.45) is 3.10. The molecule has 2 atom stereocenters. The molecule has 1 aromatic rings. The van der Waals surface area contributed by atoms with Gasteiger partial charge in [0.1, 0.15) is 5.75 Å². The Kier molecular flexibility index (Phi) is 3.54. The zero-order chi connectivity index (χ0) is 10.7. The second-order valence-electron chi connectivity index (χ2n) is 3.83. The zero-order valence-corrected chi connectivity index (χ0v) is 9.67. The number of hydrogen-bond donors (Lipinski definition) is 1. The van der Waals surface area contributed by atoms with Crippen LogP contribution in [0.3, 0.4) is 0 Å². The van der Waals surface area contributed by atoms with Crippen LogP contribution in [0.15, 0.2) is 29.2 Å². The van der Waals surface area contributed by atoms with E-state index in [0.29, 0.717) is 5.25 Å². The lowest BCUT2D eigenvalue weighted by atomic mass is 10.3. The van der Waals surface area contributed by atoms with Crippen LogP contribution in [0, 0.1) is 0 Å². The number of benzene rings is 1. The summed E-state index contributed by atoms with van der Waals surface area (Å²) >= 11 is 1.77. The van der Waals surface area contributed by atoms with E-state index in [4.69, 9.17) is 4.74 Å². The van der Waals surface area contributed by atoms with E-state index in [0.717, 1.165) is 25.0 Å². The lowest BCUT2D eigenvalue weighted by Gasteiger charge is -2.13. The molecule has 0 amide bonds. The molecule has 1 fully saturated rings. The minimum atomic E-state index is -0.128. The summed E-state index contributed by atoms with van der Waals surface area (Å²) < 4.78 is 5.10. The molecule has 1 aromatic carbocycles. The van der Waals surface area contributed by atoms with Crippen LogP contribution in [0.5, 0.6) is 5.75 Å². The highest BCUT2D eigenvalue weighted by atomic mass is 32.2. The smallest absolute Gasteiger partial charge is 0.118 e. The van der Waals surface area contributed by atoms with Gasteiger partial charge < -0.3 is 9.84 Å². The molecule has 2 rings (SSSR count). The molecular weight excluding hydrogens is 208 g/mol. The first-order valence-electron chi connectivity index (χ1n) is 5.28. The van der Waals surface area contributed by atoms with E-state index in [2.05, 4.69) is 12.1 Å². The quantitative estimate of drug-likeness (QED) is 0.856. The van der Waals surface area contributed by atoms with E-state index >= 15 is 0 Å². The van der Waals surface area contributed by atoms with Crippen molar-refractivity contribution in [3.63, 3.8) is 0 Å². The summed E-state index contributed by atoms with van der Waals surface area (Å²) in [6, 6.07) is 8.02. The molecule has 1 N–H and O–H groups in total. The van der Waals surface area contributed by atoms with Crippen LogP contribution in [0.2, 0.25) is 0 Å². The molecule has 0 radical (unpaired) electrons. The number of rotatable bonds is 3. The fourth-order valence-corrected chi connectivity index (χ4v) is 3.09. The minimum Gasteiger partial charge on any atom is -0.497 e. The summed E-state index contributed by atoms with van der Waals surface area (Å²) in [5, 5.41) is 10.1. The number of ether oxygens (including phenoxy) is 1. The van der Waals surface area contributed by atoms with Crippen LogP contribution in [0.25, 0.3) is 0 Å². The van der Waals surface area contributed by atoms with Gasteiger partial charge in [0.2, 0.25) is 0 Å². The Labute approximate surface area is 94.6 Å². The summed E-state index contributed by atoms with van der Waals surface area (Å²) in [6.45, 7) is 0. The Morgan fingerprint density at radius 2 is 2.00 bits per heavy atom. The molecule has 0 unspecified atom stereocenters. The maximum atomic E-state index is 9.71. The van der Waals surface area contributed by atoms with Gasteiger partial charge in [0.25, 0.3) is 0 Å². The van der Waals surface area contributed by atoms with Gasteiger partial charge in [-0.05, 0) is 43.5 Å². The van der Waals surface area contributed by atoms with Crippen molar-refractivity contribution < 1.29 is 9.84 Å². The lowest BCUT2D eigenvalue weighted by Crippen LogP contribution is -2.14.